The Labute approximate surface area is 181 Å². The molecule has 4 aromatic rings. The zero-order valence-electron chi connectivity index (χ0n) is 17.4. The van der Waals surface area contributed by atoms with E-state index in [0.29, 0.717) is 11.3 Å². The van der Waals surface area contributed by atoms with E-state index in [2.05, 4.69) is 0 Å². The van der Waals surface area contributed by atoms with Gasteiger partial charge in [-0.3, -0.25) is 4.79 Å². The molecule has 5 nitrogen and oxygen atoms in total. The smallest absolute Gasteiger partial charge is 0.185 e. The van der Waals surface area contributed by atoms with Crippen LogP contribution in [0.5, 0.6) is 11.5 Å². The molecule has 31 heavy (non-hydrogen) atoms. The Balaban J connectivity index is 1.69. The molecule has 0 bridgehead atoms. The van der Waals surface area contributed by atoms with Crippen molar-refractivity contribution in [2.45, 2.75) is 0 Å². The van der Waals surface area contributed by atoms with E-state index < -0.39 is 0 Å². The van der Waals surface area contributed by atoms with Gasteiger partial charge in [-0.2, -0.15) is 5.10 Å². The van der Waals surface area contributed by atoms with Crippen molar-refractivity contribution < 1.29 is 14.3 Å². The molecule has 0 saturated carbocycles. The molecule has 0 atom stereocenters. The standard InChI is InChI=1S/C26H22N2O3/c1-30-23-13-8-19(9-14-23)25(29)17-12-21-18-28(22-6-4-3-5-7-22)27-26(21)20-10-15-24(31-2)16-11-20/h3-18H,1-2H3/b17-12+. The summed E-state index contributed by atoms with van der Waals surface area (Å²) >= 11 is 0. The average molecular weight is 410 g/mol. The van der Waals surface area contributed by atoms with Gasteiger partial charge in [0.1, 0.15) is 11.5 Å². The van der Waals surface area contributed by atoms with E-state index in [1.165, 1.54) is 0 Å². The van der Waals surface area contributed by atoms with Gasteiger partial charge in [-0.1, -0.05) is 18.2 Å². The first-order valence-corrected chi connectivity index (χ1v) is 9.84. The molecule has 0 saturated heterocycles. The lowest BCUT2D eigenvalue weighted by atomic mass is 10.1. The quantitative estimate of drug-likeness (QED) is 0.300. The number of para-hydroxylation sites is 1. The van der Waals surface area contributed by atoms with Gasteiger partial charge in [0.2, 0.25) is 0 Å². The highest BCUT2D eigenvalue weighted by molar-refractivity contribution is 6.07. The van der Waals surface area contributed by atoms with E-state index in [1.807, 2.05) is 65.5 Å². The van der Waals surface area contributed by atoms with Crippen molar-refractivity contribution in [3.05, 3.63) is 102 Å². The van der Waals surface area contributed by atoms with Crippen molar-refractivity contribution in [3.63, 3.8) is 0 Å². The normalized spacial score (nSPS) is 10.9. The van der Waals surface area contributed by atoms with Gasteiger partial charge in [0.15, 0.2) is 5.78 Å². The van der Waals surface area contributed by atoms with Gasteiger partial charge in [-0.25, -0.2) is 4.68 Å². The predicted molar refractivity (Wildman–Crippen MR) is 122 cm³/mol. The summed E-state index contributed by atoms with van der Waals surface area (Å²) in [5.74, 6) is 1.40. The fourth-order valence-electron chi connectivity index (χ4n) is 3.21. The number of ketones is 1. The number of nitrogens with zero attached hydrogens (tertiary/aromatic N) is 2. The van der Waals surface area contributed by atoms with Gasteiger partial charge in [0.05, 0.1) is 25.6 Å². The second kappa shape index (κ2) is 9.13. The molecule has 5 heteroatoms. The maximum Gasteiger partial charge on any atom is 0.185 e. The number of aromatic nitrogens is 2. The Hall–Kier alpha value is -4.12. The molecule has 0 spiro atoms. The fraction of sp³-hybridized carbons (Fsp3) is 0.0769. The summed E-state index contributed by atoms with van der Waals surface area (Å²) in [6.07, 6.45) is 5.30. The van der Waals surface area contributed by atoms with E-state index in [0.717, 1.165) is 28.3 Å². The molecule has 4 rings (SSSR count). The molecule has 1 heterocycles. The lowest BCUT2D eigenvalue weighted by Crippen LogP contribution is -1.94. The zero-order chi connectivity index (χ0) is 21.6. The topological polar surface area (TPSA) is 53.4 Å². The van der Waals surface area contributed by atoms with E-state index >= 15 is 0 Å². The Morgan fingerprint density at radius 3 is 2.06 bits per heavy atom. The minimum absolute atomic E-state index is 0.0872. The second-order valence-electron chi connectivity index (χ2n) is 6.87. The number of hydrogen-bond acceptors (Lipinski definition) is 4. The molecule has 0 aliphatic heterocycles. The molecule has 154 valence electrons. The summed E-state index contributed by atoms with van der Waals surface area (Å²) in [4.78, 5) is 12.7. The van der Waals surface area contributed by atoms with Crippen molar-refractivity contribution >= 4 is 11.9 Å². The van der Waals surface area contributed by atoms with Crippen LogP contribution in [0, 0.1) is 0 Å². The van der Waals surface area contributed by atoms with E-state index in [-0.39, 0.29) is 5.78 Å². The summed E-state index contributed by atoms with van der Waals surface area (Å²) in [7, 11) is 3.24. The first-order chi connectivity index (χ1) is 15.2. The van der Waals surface area contributed by atoms with Crippen molar-refractivity contribution in [3.8, 4) is 28.4 Å². The largest absolute Gasteiger partial charge is 0.497 e. The van der Waals surface area contributed by atoms with Crippen molar-refractivity contribution in [1.29, 1.82) is 0 Å². The Bertz CT molecular complexity index is 1190. The molecular formula is C26H22N2O3. The predicted octanol–water partition coefficient (Wildman–Crippen LogP) is 5.45. The number of hydrogen-bond donors (Lipinski definition) is 0. The second-order valence-corrected chi connectivity index (χ2v) is 6.87. The molecule has 1 aromatic heterocycles. The minimum atomic E-state index is -0.0872. The van der Waals surface area contributed by atoms with Gasteiger partial charge in [0.25, 0.3) is 0 Å². The lowest BCUT2D eigenvalue weighted by Gasteiger charge is -2.03. The lowest BCUT2D eigenvalue weighted by molar-refractivity contribution is 0.104. The zero-order valence-corrected chi connectivity index (χ0v) is 17.4. The molecule has 3 aromatic carbocycles. The van der Waals surface area contributed by atoms with Crippen molar-refractivity contribution in [1.82, 2.24) is 9.78 Å². The number of methoxy groups -OCH3 is 2. The molecule has 0 radical (unpaired) electrons. The monoisotopic (exact) mass is 410 g/mol. The van der Waals surface area contributed by atoms with Crippen LogP contribution >= 0.6 is 0 Å². The highest BCUT2D eigenvalue weighted by Crippen LogP contribution is 2.27. The fourth-order valence-corrected chi connectivity index (χ4v) is 3.21. The first-order valence-electron chi connectivity index (χ1n) is 9.84. The van der Waals surface area contributed by atoms with Crippen LogP contribution in [-0.4, -0.2) is 29.8 Å². The number of ether oxygens (including phenoxy) is 2. The summed E-state index contributed by atoms with van der Waals surface area (Å²) < 4.78 is 12.2. The Morgan fingerprint density at radius 2 is 1.45 bits per heavy atom. The van der Waals surface area contributed by atoms with Crippen molar-refractivity contribution in [2.75, 3.05) is 14.2 Å². The highest BCUT2D eigenvalue weighted by atomic mass is 16.5. The Morgan fingerprint density at radius 1 is 0.839 bits per heavy atom. The number of rotatable bonds is 7. The summed E-state index contributed by atoms with van der Waals surface area (Å²) in [6.45, 7) is 0. The third-order valence-electron chi connectivity index (χ3n) is 4.92. The third kappa shape index (κ3) is 4.56. The number of carbonyl (C=O) groups excluding carboxylic acids is 1. The van der Waals surface area contributed by atoms with Gasteiger partial charge in [-0.15, -0.1) is 0 Å². The number of carbonyl (C=O) groups is 1. The van der Waals surface area contributed by atoms with Crippen LogP contribution in [-0.2, 0) is 0 Å². The molecule has 0 aliphatic carbocycles. The highest BCUT2D eigenvalue weighted by Gasteiger charge is 2.12. The van der Waals surface area contributed by atoms with Crippen LogP contribution in [0.4, 0.5) is 0 Å². The van der Waals surface area contributed by atoms with Gasteiger partial charge >= 0.3 is 0 Å². The molecular weight excluding hydrogens is 388 g/mol. The SMILES string of the molecule is COc1ccc(C(=O)/C=C/c2cn(-c3ccccc3)nc2-c2ccc(OC)cc2)cc1. The summed E-state index contributed by atoms with van der Waals surface area (Å²) in [5.41, 5.74) is 4.10. The van der Waals surface area contributed by atoms with Gasteiger partial charge < -0.3 is 9.47 Å². The molecule has 0 fully saturated rings. The Kier molecular flexibility index (Phi) is 5.94. The van der Waals surface area contributed by atoms with E-state index in [4.69, 9.17) is 14.6 Å². The van der Waals surface area contributed by atoms with Gasteiger partial charge in [0, 0.05) is 22.9 Å². The van der Waals surface area contributed by atoms with Crippen molar-refractivity contribution in [2.24, 2.45) is 0 Å². The molecule has 0 unspecified atom stereocenters. The maximum absolute atomic E-state index is 12.7. The van der Waals surface area contributed by atoms with Crippen LogP contribution in [0.2, 0.25) is 0 Å². The summed E-state index contributed by atoms with van der Waals surface area (Å²) in [6, 6.07) is 24.6. The van der Waals surface area contributed by atoms with Crippen LogP contribution in [0.25, 0.3) is 23.0 Å². The van der Waals surface area contributed by atoms with E-state index in [9.17, 15) is 4.79 Å². The minimum Gasteiger partial charge on any atom is -0.497 e. The first kappa shape index (κ1) is 20.2. The molecule has 0 aliphatic rings. The summed E-state index contributed by atoms with van der Waals surface area (Å²) in [5, 5.41) is 4.78. The third-order valence-corrected chi connectivity index (χ3v) is 4.92. The number of benzene rings is 3. The molecule has 0 N–H and O–H groups in total. The van der Waals surface area contributed by atoms with Crippen LogP contribution in [0.15, 0.2) is 91.1 Å². The van der Waals surface area contributed by atoms with Crippen LogP contribution in [0.1, 0.15) is 15.9 Å². The molecule has 0 amide bonds. The van der Waals surface area contributed by atoms with E-state index in [1.54, 1.807) is 50.6 Å². The average Bonchev–Trinajstić information content (AvgIpc) is 3.27. The van der Waals surface area contributed by atoms with Crippen LogP contribution < -0.4 is 9.47 Å². The maximum atomic E-state index is 12.7. The number of allylic oxidation sites excluding steroid dienone is 1. The van der Waals surface area contributed by atoms with Crippen LogP contribution in [0.3, 0.4) is 0 Å². The van der Waals surface area contributed by atoms with Gasteiger partial charge in [-0.05, 0) is 72.8 Å².